The van der Waals surface area contributed by atoms with E-state index >= 15 is 0 Å². The molecule has 22 heavy (non-hydrogen) atoms. The van der Waals surface area contributed by atoms with Crippen LogP contribution in [0.3, 0.4) is 0 Å². The molecule has 0 aromatic heterocycles. The number of esters is 1. The van der Waals surface area contributed by atoms with E-state index in [1.165, 1.54) is 12.1 Å². The lowest BCUT2D eigenvalue weighted by molar-refractivity contribution is -0.139. The van der Waals surface area contributed by atoms with Crippen molar-refractivity contribution in [1.29, 1.82) is 0 Å². The highest BCUT2D eigenvalue weighted by molar-refractivity contribution is 5.94. The predicted molar refractivity (Wildman–Crippen MR) is 82.8 cm³/mol. The topological polar surface area (TPSA) is 66.8 Å². The van der Waals surface area contributed by atoms with Gasteiger partial charge in [0.1, 0.15) is 11.3 Å². The smallest absolute Gasteiger partial charge is 0.342 e. The number of rotatable bonds is 3. The number of ether oxygens (including phenoxy) is 1. The molecule has 1 N–H and O–H groups in total. The van der Waals surface area contributed by atoms with Crippen molar-refractivity contribution in [3.05, 3.63) is 29.3 Å². The average Bonchev–Trinajstić information content (AvgIpc) is 2.75. The van der Waals surface area contributed by atoms with Crippen LogP contribution in [0.4, 0.5) is 0 Å². The van der Waals surface area contributed by atoms with Crippen LogP contribution in [0.5, 0.6) is 5.75 Å². The van der Waals surface area contributed by atoms with Gasteiger partial charge in [0.2, 0.25) is 0 Å². The molecule has 0 spiro atoms. The van der Waals surface area contributed by atoms with Crippen molar-refractivity contribution in [1.82, 2.24) is 4.90 Å². The lowest BCUT2D eigenvalue weighted by Gasteiger charge is -2.24. The molecule has 1 aliphatic heterocycles. The first-order chi connectivity index (χ1) is 10.5. The van der Waals surface area contributed by atoms with Crippen LogP contribution in [0.2, 0.25) is 0 Å². The number of carbonyl (C=O) groups is 2. The van der Waals surface area contributed by atoms with Gasteiger partial charge in [0, 0.05) is 13.1 Å². The van der Waals surface area contributed by atoms with E-state index in [9.17, 15) is 14.7 Å². The molecule has 0 bridgehead atoms. The first-order valence-electron chi connectivity index (χ1n) is 7.78. The number of aryl methyl sites for hydroxylation is 1. The molecule has 1 aliphatic rings. The molecular formula is C17H23NO4. The Balaban J connectivity index is 1.99. The molecular weight excluding hydrogens is 282 g/mol. The molecule has 1 saturated heterocycles. The summed E-state index contributed by atoms with van der Waals surface area (Å²) in [5.74, 6) is -0.963. The zero-order chi connectivity index (χ0) is 16.1. The molecule has 120 valence electrons. The summed E-state index contributed by atoms with van der Waals surface area (Å²) in [6, 6.07) is 4.73. The minimum Gasteiger partial charge on any atom is -0.507 e. The van der Waals surface area contributed by atoms with Crippen LogP contribution in [-0.2, 0) is 9.53 Å². The number of likely N-dealkylation sites (tertiary alicyclic amines) is 1. The van der Waals surface area contributed by atoms with E-state index in [1.807, 2.05) is 6.92 Å². The van der Waals surface area contributed by atoms with Crippen molar-refractivity contribution >= 4 is 11.9 Å². The Labute approximate surface area is 130 Å². The first-order valence-corrected chi connectivity index (χ1v) is 7.78. The second-order valence-corrected chi connectivity index (χ2v) is 5.81. The van der Waals surface area contributed by atoms with Gasteiger partial charge in [-0.05, 0) is 44.4 Å². The van der Waals surface area contributed by atoms with Crippen LogP contribution >= 0.6 is 0 Å². The maximum atomic E-state index is 12.3. The highest BCUT2D eigenvalue weighted by Gasteiger charge is 2.25. The summed E-state index contributed by atoms with van der Waals surface area (Å²) < 4.78 is 5.22. The molecule has 1 aromatic carbocycles. The number of phenolic OH excluding ortho intramolecular Hbond substituents is 1. The minimum absolute atomic E-state index is 0.0844. The summed E-state index contributed by atoms with van der Waals surface area (Å²) in [7, 11) is 0. The Hall–Kier alpha value is -2.04. The minimum atomic E-state index is -0.841. The Morgan fingerprint density at radius 2 is 1.82 bits per heavy atom. The van der Waals surface area contributed by atoms with Crippen molar-refractivity contribution in [2.24, 2.45) is 0 Å². The third-order valence-corrected chi connectivity index (χ3v) is 3.92. The fourth-order valence-corrected chi connectivity index (χ4v) is 2.64. The van der Waals surface area contributed by atoms with Gasteiger partial charge in [0.05, 0.1) is 0 Å². The van der Waals surface area contributed by atoms with Gasteiger partial charge in [-0.25, -0.2) is 4.79 Å². The highest BCUT2D eigenvalue weighted by Crippen LogP contribution is 2.20. The molecule has 1 aromatic rings. The van der Waals surface area contributed by atoms with Gasteiger partial charge < -0.3 is 14.7 Å². The predicted octanol–water partition coefficient (Wildman–Crippen LogP) is 2.65. The quantitative estimate of drug-likeness (QED) is 0.872. The van der Waals surface area contributed by atoms with Gasteiger partial charge in [-0.15, -0.1) is 0 Å². The van der Waals surface area contributed by atoms with Crippen LogP contribution < -0.4 is 0 Å². The fraction of sp³-hybridized carbons (Fsp3) is 0.529. The van der Waals surface area contributed by atoms with Crippen molar-refractivity contribution in [3.8, 4) is 5.75 Å². The molecule has 1 amide bonds. The summed E-state index contributed by atoms with van der Waals surface area (Å²) in [4.78, 5) is 26.2. The Morgan fingerprint density at radius 3 is 2.41 bits per heavy atom. The molecule has 1 fully saturated rings. The van der Waals surface area contributed by atoms with Crippen molar-refractivity contribution in [2.45, 2.75) is 45.6 Å². The third kappa shape index (κ3) is 4.00. The number of benzene rings is 1. The standard InChI is InChI=1S/C17H23NO4/c1-12-7-8-14(15(19)11-12)17(21)22-13(2)16(20)18-9-5-3-4-6-10-18/h7-8,11,13,19H,3-6,9-10H2,1-2H3/t13-/m0/s1. The Kier molecular flexibility index (Phi) is 5.41. The van der Waals surface area contributed by atoms with E-state index in [1.54, 1.807) is 17.9 Å². The molecule has 0 radical (unpaired) electrons. The zero-order valence-electron chi connectivity index (χ0n) is 13.2. The number of aromatic hydroxyl groups is 1. The second kappa shape index (κ2) is 7.29. The van der Waals surface area contributed by atoms with E-state index in [2.05, 4.69) is 0 Å². The molecule has 0 aliphatic carbocycles. The van der Waals surface area contributed by atoms with Crippen LogP contribution in [0.25, 0.3) is 0 Å². The number of nitrogens with zero attached hydrogens (tertiary/aromatic N) is 1. The van der Waals surface area contributed by atoms with Crippen LogP contribution in [0.15, 0.2) is 18.2 Å². The SMILES string of the molecule is Cc1ccc(C(=O)O[C@@H](C)C(=O)N2CCCCCC2)c(O)c1. The Morgan fingerprint density at radius 1 is 1.18 bits per heavy atom. The summed E-state index contributed by atoms with van der Waals surface area (Å²) in [6.45, 7) is 4.84. The number of carbonyl (C=O) groups excluding carboxylic acids is 2. The van der Waals surface area contributed by atoms with Crippen molar-refractivity contribution in [2.75, 3.05) is 13.1 Å². The molecule has 5 heteroatoms. The molecule has 0 unspecified atom stereocenters. The van der Waals surface area contributed by atoms with E-state index in [0.29, 0.717) is 0 Å². The van der Waals surface area contributed by atoms with E-state index < -0.39 is 12.1 Å². The van der Waals surface area contributed by atoms with Crippen LogP contribution in [0, 0.1) is 6.92 Å². The van der Waals surface area contributed by atoms with Crippen LogP contribution in [0.1, 0.15) is 48.5 Å². The van der Waals surface area contributed by atoms with Crippen molar-refractivity contribution < 1.29 is 19.4 Å². The number of amides is 1. The summed E-state index contributed by atoms with van der Waals surface area (Å²) in [6.07, 6.45) is 3.41. The number of hydrogen-bond acceptors (Lipinski definition) is 4. The monoisotopic (exact) mass is 305 g/mol. The van der Waals surface area contributed by atoms with E-state index in [0.717, 1.165) is 44.3 Å². The van der Waals surface area contributed by atoms with Gasteiger partial charge >= 0.3 is 5.97 Å². The highest BCUT2D eigenvalue weighted by atomic mass is 16.5. The maximum Gasteiger partial charge on any atom is 0.342 e. The molecule has 0 saturated carbocycles. The third-order valence-electron chi connectivity index (χ3n) is 3.92. The van der Waals surface area contributed by atoms with Gasteiger partial charge in [0.25, 0.3) is 5.91 Å². The first kappa shape index (κ1) is 16.3. The summed E-state index contributed by atoms with van der Waals surface area (Å²) in [5.41, 5.74) is 0.934. The maximum absolute atomic E-state index is 12.3. The summed E-state index contributed by atoms with van der Waals surface area (Å²) in [5, 5.41) is 9.80. The Bertz CT molecular complexity index is 548. The van der Waals surface area contributed by atoms with Gasteiger partial charge in [-0.1, -0.05) is 18.9 Å². The molecule has 2 rings (SSSR count). The van der Waals surface area contributed by atoms with Crippen molar-refractivity contribution in [3.63, 3.8) is 0 Å². The average molecular weight is 305 g/mol. The van der Waals surface area contributed by atoms with Gasteiger partial charge in [-0.2, -0.15) is 0 Å². The van der Waals surface area contributed by atoms with Gasteiger partial charge in [0.15, 0.2) is 6.10 Å². The second-order valence-electron chi connectivity index (χ2n) is 5.81. The molecule has 5 nitrogen and oxygen atoms in total. The number of hydrogen-bond donors (Lipinski definition) is 1. The fourth-order valence-electron chi connectivity index (χ4n) is 2.64. The largest absolute Gasteiger partial charge is 0.507 e. The zero-order valence-corrected chi connectivity index (χ0v) is 13.2. The summed E-state index contributed by atoms with van der Waals surface area (Å²) >= 11 is 0. The normalized spacial score (nSPS) is 16.7. The van der Waals surface area contributed by atoms with E-state index in [-0.39, 0.29) is 17.2 Å². The lowest BCUT2D eigenvalue weighted by Crippen LogP contribution is -2.40. The number of phenols is 1. The molecule has 1 atom stereocenters. The van der Waals surface area contributed by atoms with Crippen LogP contribution in [-0.4, -0.2) is 41.1 Å². The van der Waals surface area contributed by atoms with Gasteiger partial charge in [-0.3, -0.25) is 4.79 Å². The van der Waals surface area contributed by atoms with E-state index in [4.69, 9.17) is 4.74 Å². The molecule has 1 heterocycles. The lowest BCUT2D eigenvalue weighted by atomic mass is 10.1.